The zero-order valence-electron chi connectivity index (χ0n) is 16.3. The van der Waals surface area contributed by atoms with Crippen LogP contribution in [0.15, 0.2) is 41.2 Å². The van der Waals surface area contributed by atoms with E-state index in [1.807, 2.05) is 0 Å². The lowest BCUT2D eigenvalue weighted by molar-refractivity contribution is -0.0187. The molecule has 28 heavy (non-hydrogen) atoms. The molecule has 4 heterocycles. The van der Waals surface area contributed by atoms with Crippen molar-refractivity contribution in [3.63, 3.8) is 0 Å². The van der Waals surface area contributed by atoms with Crippen molar-refractivity contribution < 1.29 is 0 Å². The van der Waals surface area contributed by atoms with Gasteiger partial charge >= 0.3 is 0 Å². The van der Waals surface area contributed by atoms with Crippen molar-refractivity contribution in [3.05, 3.63) is 52.3 Å². The van der Waals surface area contributed by atoms with Crippen molar-refractivity contribution in [2.75, 3.05) is 30.3 Å². The third-order valence-electron chi connectivity index (χ3n) is 6.90. The van der Waals surface area contributed by atoms with Crippen molar-refractivity contribution in [3.8, 4) is 0 Å². The average Bonchev–Trinajstić information content (AvgIpc) is 2.68. The normalized spacial score (nSPS) is 30.1. The minimum absolute atomic E-state index is 0.166. The van der Waals surface area contributed by atoms with Gasteiger partial charge in [-0.15, -0.1) is 0 Å². The predicted molar refractivity (Wildman–Crippen MR) is 111 cm³/mol. The Labute approximate surface area is 165 Å². The van der Waals surface area contributed by atoms with Crippen LogP contribution in [0.25, 0.3) is 0 Å². The second-order valence-corrected chi connectivity index (χ2v) is 8.79. The van der Waals surface area contributed by atoms with Crippen LogP contribution in [0.3, 0.4) is 0 Å². The van der Waals surface area contributed by atoms with Crippen LogP contribution < -0.4 is 16.2 Å². The van der Waals surface area contributed by atoms with Crippen molar-refractivity contribution in [1.29, 1.82) is 0 Å². The van der Waals surface area contributed by atoms with Crippen molar-refractivity contribution >= 4 is 11.8 Å². The van der Waals surface area contributed by atoms with E-state index in [1.165, 1.54) is 31.2 Å². The van der Waals surface area contributed by atoms with Crippen LogP contribution in [0.1, 0.15) is 31.2 Å². The van der Waals surface area contributed by atoms with Gasteiger partial charge in [0.15, 0.2) is 0 Å². The number of H-pyrrole nitrogens is 1. The molecule has 1 aromatic heterocycles. The summed E-state index contributed by atoms with van der Waals surface area (Å²) in [6.45, 7) is 3.10. The second kappa shape index (κ2) is 7.24. The van der Waals surface area contributed by atoms with Gasteiger partial charge in [0, 0.05) is 37.8 Å². The van der Waals surface area contributed by atoms with Crippen molar-refractivity contribution in [1.82, 2.24) is 14.9 Å². The van der Waals surface area contributed by atoms with Crippen LogP contribution in [0.5, 0.6) is 0 Å². The summed E-state index contributed by atoms with van der Waals surface area (Å²) in [5.41, 5.74) is 7.06. The monoisotopic (exact) mass is 379 g/mol. The summed E-state index contributed by atoms with van der Waals surface area (Å²) < 4.78 is 0. The molecular formula is C22H29N5O. The Bertz CT molecular complexity index is 882. The topological polar surface area (TPSA) is 78.2 Å². The Balaban J connectivity index is 1.35. The number of hydrogen-bond acceptors (Lipinski definition) is 5. The van der Waals surface area contributed by atoms with E-state index in [0.29, 0.717) is 23.9 Å². The van der Waals surface area contributed by atoms with Crippen molar-refractivity contribution in [2.45, 2.75) is 44.2 Å². The van der Waals surface area contributed by atoms with Crippen LogP contribution in [0.2, 0.25) is 0 Å². The van der Waals surface area contributed by atoms with E-state index in [9.17, 15) is 4.79 Å². The Morgan fingerprint density at radius 3 is 2.82 bits per heavy atom. The van der Waals surface area contributed by atoms with Gasteiger partial charge in [0.2, 0.25) is 5.95 Å². The van der Waals surface area contributed by atoms with Gasteiger partial charge < -0.3 is 10.6 Å². The molecule has 3 N–H and O–H groups in total. The van der Waals surface area contributed by atoms with Crippen LogP contribution in [-0.2, 0) is 6.42 Å². The zero-order chi connectivity index (χ0) is 19.1. The Morgan fingerprint density at radius 2 is 2.00 bits per heavy atom. The SMILES string of the molecule is Nc1nc(N2C[C@@H]3C[C@H](C2)[C@@H]2CCC[C@H](Cc4ccccc4)N2C3)cc(=O)[nH]1. The first kappa shape index (κ1) is 17.7. The predicted octanol–water partition coefficient (Wildman–Crippen LogP) is 2.27. The number of hydrogen-bond donors (Lipinski definition) is 2. The highest BCUT2D eigenvalue weighted by Crippen LogP contribution is 2.41. The zero-order valence-corrected chi connectivity index (χ0v) is 16.3. The maximum atomic E-state index is 11.8. The fourth-order valence-corrected chi connectivity index (χ4v) is 5.83. The van der Waals surface area contributed by atoms with Crippen molar-refractivity contribution in [2.24, 2.45) is 11.8 Å². The highest BCUT2D eigenvalue weighted by molar-refractivity contribution is 5.42. The minimum Gasteiger partial charge on any atom is -0.369 e. The van der Waals surface area contributed by atoms with E-state index >= 15 is 0 Å². The maximum Gasteiger partial charge on any atom is 0.254 e. The van der Waals surface area contributed by atoms with Crippen LogP contribution >= 0.6 is 0 Å². The molecular weight excluding hydrogens is 350 g/mol. The number of nitrogens with one attached hydrogen (secondary N) is 1. The lowest BCUT2D eigenvalue weighted by Crippen LogP contribution is -2.62. The first-order chi connectivity index (χ1) is 13.7. The van der Waals surface area contributed by atoms with Gasteiger partial charge in [0.25, 0.3) is 5.56 Å². The molecule has 2 bridgehead atoms. The van der Waals surface area contributed by atoms with E-state index in [2.05, 4.69) is 50.1 Å². The Hall–Kier alpha value is -2.34. The highest BCUT2D eigenvalue weighted by Gasteiger charge is 2.44. The molecule has 0 unspecified atom stereocenters. The molecule has 6 heteroatoms. The van der Waals surface area contributed by atoms with E-state index in [-0.39, 0.29) is 11.5 Å². The largest absolute Gasteiger partial charge is 0.369 e. The van der Waals surface area contributed by atoms with Gasteiger partial charge in [-0.2, -0.15) is 4.98 Å². The smallest absolute Gasteiger partial charge is 0.254 e. The fourth-order valence-electron chi connectivity index (χ4n) is 5.83. The maximum absolute atomic E-state index is 11.8. The number of benzene rings is 1. The van der Waals surface area contributed by atoms with Gasteiger partial charge in [0.05, 0.1) is 0 Å². The summed E-state index contributed by atoms with van der Waals surface area (Å²) >= 11 is 0. The molecule has 3 fully saturated rings. The van der Waals surface area contributed by atoms with Crippen LogP contribution in [-0.4, -0.2) is 46.6 Å². The number of aromatic amines is 1. The van der Waals surface area contributed by atoms with Gasteiger partial charge in [-0.25, -0.2) is 0 Å². The average molecular weight is 380 g/mol. The molecule has 6 nitrogen and oxygen atoms in total. The lowest BCUT2D eigenvalue weighted by atomic mass is 9.74. The molecule has 0 spiro atoms. The number of nitrogens with zero attached hydrogens (tertiary/aromatic N) is 3. The molecule has 4 atom stereocenters. The van der Waals surface area contributed by atoms with E-state index in [0.717, 1.165) is 31.9 Å². The molecule has 148 valence electrons. The van der Waals surface area contributed by atoms with Gasteiger partial charge in [-0.05, 0) is 43.1 Å². The molecule has 0 radical (unpaired) electrons. The summed E-state index contributed by atoms with van der Waals surface area (Å²) in [7, 11) is 0. The molecule has 0 amide bonds. The van der Waals surface area contributed by atoms with E-state index in [4.69, 9.17) is 5.73 Å². The molecule has 0 aliphatic carbocycles. The summed E-state index contributed by atoms with van der Waals surface area (Å²) in [5.74, 6) is 2.23. The summed E-state index contributed by atoms with van der Waals surface area (Å²) in [6, 6.07) is 13.8. The Kier molecular flexibility index (Phi) is 4.59. The minimum atomic E-state index is -0.166. The molecule has 1 aromatic carbocycles. The van der Waals surface area contributed by atoms with Gasteiger partial charge in [-0.3, -0.25) is 14.7 Å². The van der Waals surface area contributed by atoms with Crippen LogP contribution in [0, 0.1) is 11.8 Å². The molecule has 5 rings (SSSR count). The molecule has 3 saturated heterocycles. The number of rotatable bonds is 3. The number of aromatic nitrogens is 2. The standard InChI is InChI=1S/C22H29N5O/c23-22-24-20(11-21(28)25-22)26-12-16-9-17(14-26)19-8-4-7-18(27(19)13-16)10-15-5-2-1-3-6-15/h1-3,5-6,11,16-19H,4,7-10,12-14H2,(H3,23,24,25,28)/t16-,17+,18+,19-/m0/s1. The number of nitrogen functional groups attached to an aromatic ring is 1. The third-order valence-corrected chi connectivity index (χ3v) is 6.90. The van der Waals surface area contributed by atoms with E-state index < -0.39 is 0 Å². The second-order valence-electron chi connectivity index (χ2n) is 8.79. The third kappa shape index (κ3) is 3.41. The number of fused-ring (bicyclic) bond motifs is 4. The summed E-state index contributed by atoms with van der Waals surface area (Å²) in [4.78, 5) is 23.9. The van der Waals surface area contributed by atoms with Crippen LogP contribution in [0.4, 0.5) is 11.8 Å². The first-order valence-electron chi connectivity index (χ1n) is 10.6. The van der Waals surface area contributed by atoms with Gasteiger partial charge in [-0.1, -0.05) is 36.8 Å². The summed E-state index contributed by atoms with van der Waals surface area (Å²) in [6.07, 6.45) is 6.37. The molecule has 3 aliphatic rings. The first-order valence-corrected chi connectivity index (χ1v) is 10.6. The number of piperidine rings is 3. The fraction of sp³-hybridized carbons (Fsp3) is 0.545. The highest BCUT2D eigenvalue weighted by atomic mass is 16.1. The Morgan fingerprint density at radius 1 is 1.14 bits per heavy atom. The number of nitrogens with two attached hydrogens (primary N) is 1. The van der Waals surface area contributed by atoms with Gasteiger partial charge in [0.1, 0.15) is 5.82 Å². The quantitative estimate of drug-likeness (QED) is 0.855. The van der Waals surface area contributed by atoms with E-state index in [1.54, 1.807) is 6.07 Å². The molecule has 0 saturated carbocycles. The summed E-state index contributed by atoms with van der Waals surface area (Å²) in [5, 5.41) is 0. The number of anilines is 2. The molecule has 2 aromatic rings. The lowest BCUT2D eigenvalue weighted by Gasteiger charge is -2.55. The molecule has 3 aliphatic heterocycles.